The molecule has 0 amide bonds. The van der Waals surface area contributed by atoms with Gasteiger partial charge in [-0.25, -0.2) is 4.39 Å². The number of rotatable bonds is 6. The first-order valence-corrected chi connectivity index (χ1v) is 6.12. The van der Waals surface area contributed by atoms with E-state index in [0.29, 0.717) is 6.42 Å². The largest absolute Gasteiger partial charge is 0.457 e. The molecule has 1 atom stereocenters. The Morgan fingerprint density at radius 2 is 1.88 bits per heavy atom. The van der Waals surface area contributed by atoms with Crippen LogP contribution in [0.5, 0.6) is 0 Å². The number of hydrogen-bond donors (Lipinski definition) is 0. The molecule has 0 heterocycles. The maximum atomic E-state index is 12.8. The van der Waals surface area contributed by atoms with Gasteiger partial charge >= 0.3 is 5.97 Å². The summed E-state index contributed by atoms with van der Waals surface area (Å²) in [5, 5.41) is 0. The first kappa shape index (κ1) is 13.7. The molecule has 0 saturated carbocycles. The zero-order valence-electron chi connectivity index (χ0n) is 10.4. The van der Waals surface area contributed by atoms with Gasteiger partial charge in [-0.3, -0.25) is 4.79 Å². The Kier molecular flexibility index (Phi) is 5.67. The number of benzene rings is 1. The summed E-state index contributed by atoms with van der Waals surface area (Å²) in [6, 6.07) is 6.14. The summed E-state index contributed by atoms with van der Waals surface area (Å²) in [6.07, 6.45) is 2.64. The minimum absolute atomic E-state index is 0.185. The predicted octanol–water partition coefficient (Wildman–Crippen LogP) is 4.01. The van der Waals surface area contributed by atoms with Gasteiger partial charge in [-0.1, -0.05) is 32.4 Å². The maximum Gasteiger partial charge on any atom is 0.306 e. The highest BCUT2D eigenvalue weighted by molar-refractivity contribution is 5.69. The molecule has 0 bridgehead atoms. The average molecular weight is 238 g/mol. The third-order valence-corrected chi connectivity index (χ3v) is 2.52. The zero-order chi connectivity index (χ0) is 12.7. The zero-order valence-corrected chi connectivity index (χ0v) is 10.4. The Hall–Kier alpha value is -1.38. The van der Waals surface area contributed by atoms with Crippen LogP contribution in [0.25, 0.3) is 0 Å². The Labute approximate surface area is 102 Å². The van der Waals surface area contributed by atoms with E-state index in [-0.39, 0.29) is 17.9 Å². The molecular formula is C14H19FO2. The van der Waals surface area contributed by atoms with Gasteiger partial charge in [0, 0.05) is 6.42 Å². The first-order valence-electron chi connectivity index (χ1n) is 6.12. The van der Waals surface area contributed by atoms with Crippen molar-refractivity contribution in [3.05, 3.63) is 35.6 Å². The van der Waals surface area contributed by atoms with Crippen molar-refractivity contribution in [1.29, 1.82) is 0 Å². The molecule has 0 saturated heterocycles. The minimum Gasteiger partial charge on any atom is -0.457 e. The Morgan fingerprint density at radius 1 is 1.24 bits per heavy atom. The molecule has 0 aliphatic heterocycles. The number of ether oxygens (including phenoxy) is 1. The van der Waals surface area contributed by atoms with E-state index in [9.17, 15) is 9.18 Å². The summed E-state index contributed by atoms with van der Waals surface area (Å²) in [5.74, 6) is -0.459. The van der Waals surface area contributed by atoms with Crippen LogP contribution in [0, 0.1) is 5.82 Å². The van der Waals surface area contributed by atoms with Crippen molar-refractivity contribution >= 4 is 5.97 Å². The third kappa shape index (κ3) is 4.55. The Morgan fingerprint density at radius 3 is 2.41 bits per heavy atom. The highest BCUT2D eigenvalue weighted by Crippen LogP contribution is 2.23. The number of carbonyl (C=O) groups excluding carboxylic acids is 1. The van der Waals surface area contributed by atoms with Crippen LogP contribution in [0.4, 0.5) is 4.39 Å². The predicted molar refractivity (Wildman–Crippen MR) is 65.0 cm³/mol. The molecule has 1 unspecified atom stereocenters. The quantitative estimate of drug-likeness (QED) is 0.700. The van der Waals surface area contributed by atoms with Crippen LogP contribution in [0.15, 0.2) is 24.3 Å². The molecule has 2 nitrogen and oxygen atoms in total. The molecule has 0 aromatic heterocycles. The summed E-state index contributed by atoms with van der Waals surface area (Å²) >= 11 is 0. The number of halogens is 1. The maximum absolute atomic E-state index is 12.8. The highest BCUT2D eigenvalue weighted by atomic mass is 19.1. The van der Waals surface area contributed by atoms with Crippen LogP contribution in [0.3, 0.4) is 0 Å². The number of carbonyl (C=O) groups is 1. The molecule has 1 rings (SSSR count). The second-order valence-corrected chi connectivity index (χ2v) is 4.07. The summed E-state index contributed by atoms with van der Waals surface area (Å²) in [4.78, 5) is 11.5. The molecule has 0 aliphatic carbocycles. The lowest BCUT2D eigenvalue weighted by atomic mass is 10.1. The van der Waals surface area contributed by atoms with Gasteiger partial charge in [0.25, 0.3) is 0 Å². The SMILES string of the molecule is CCCC(=O)OC(CCC)c1ccc(F)cc1. The molecular weight excluding hydrogens is 219 g/mol. The Bertz CT molecular complexity index is 346. The molecule has 0 fully saturated rings. The summed E-state index contributed by atoms with van der Waals surface area (Å²) in [7, 11) is 0. The normalized spacial score (nSPS) is 12.2. The second kappa shape index (κ2) is 7.05. The van der Waals surface area contributed by atoms with E-state index < -0.39 is 0 Å². The van der Waals surface area contributed by atoms with Crippen molar-refractivity contribution in [2.45, 2.75) is 45.6 Å². The fourth-order valence-corrected chi connectivity index (χ4v) is 1.65. The van der Waals surface area contributed by atoms with Crippen molar-refractivity contribution in [3.8, 4) is 0 Å². The van der Waals surface area contributed by atoms with Gasteiger partial charge in [0.1, 0.15) is 11.9 Å². The molecule has 17 heavy (non-hydrogen) atoms. The van der Waals surface area contributed by atoms with E-state index >= 15 is 0 Å². The van der Waals surface area contributed by atoms with Crippen molar-refractivity contribution in [1.82, 2.24) is 0 Å². The number of esters is 1. The van der Waals surface area contributed by atoms with E-state index in [1.54, 1.807) is 12.1 Å². The van der Waals surface area contributed by atoms with Gasteiger partial charge in [-0.2, -0.15) is 0 Å². The lowest BCUT2D eigenvalue weighted by Crippen LogP contribution is -2.11. The molecule has 0 aliphatic rings. The van der Waals surface area contributed by atoms with E-state index in [1.807, 2.05) is 13.8 Å². The van der Waals surface area contributed by atoms with Gasteiger partial charge in [0.15, 0.2) is 0 Å². The molecule has 0 radical (unpaired) electrons. The summed E-state index contributed by atoms with van der Waals surface area (Å²) in [6.45, 7) is 3.97. The molecule has 3 heteroatoms. The monoisotopic (exact) mass is 238 g/mol. The fourth-order valence-electron chi connectivity index (χ4n) is 1.65. The van der Waals surface area contributed by atoms with Crippen molar-refractivity contribution in [2.24, 2.45) is 0 Å². The van der Waals surface area contributed by atoms with Gasteiger partial charge < -0.3 is 4.74 Å². The van der Waals surface area contributed by atoms with Crippen LogP contribution in [0.1, 0.15) is 51.2 Å². The second-order valence-electron chi connectivity index (χ2n) is 4.07. The fraction of sp³-hybridized carbons (Fsp3) is 0.500. The number of hydrogen-bond acceptors (Lipinski definition) is 2. The molecule has 94 valence electrons. The minimum atomic E-state index is -0.274. The summed E-state index contributed by atoms with van der Waals surface area (Å²) < 4.78 is 18.2. The lowest BCUT2D eigenvalue weighted by molar-refractivity contribution is -0.149. The van der Waals surface area contributed by atoms with Crippen LogP contribution < -0.4 is 0 Å². The van der Waals surface area contributed by atoms with Crippen LogP contribution in [-0.2, 0) is 9.53 Å². The van der Waals surface area contributed by atoms with E-state index in [2.05, 4.69) is 0 Å². The van der Waals surface area contributed by atoms with Crippen LogP contribution in [-0.4, -0.2) is 5.97 Å². The Balaban J connectivity index is 2.71. The molecule has 1 aromatic carbocycles. The van der Waals surface area contributed by atoms with E-state index in [1.165, 1.54) is 12.1 Å². The van der Waals surface area contributed by atoms with Gasteiger partial charge in [0.2, 0.25) is 0 Å². The van der Waals surface area contributed by atoms with Gasteiger partial charge in [0.05, 0.1) is 0 Å². The molecule has 0 N–H and O–H groups in total. The third-order valence-electron chi connectivity index (χ3n) is 2.52. The van der Waals surface area contributed by atoms with Crippen molar-refractivity contribution in [3.63, 3.8) is 0 Å². The standard InChI is InChI=1S/C14H19FO2/c1-3-5-13(17-14(16)6-4-2)11-7-9-12(15)10-8-11/h7-10,13H,3-6H2,1-2H3. The first-order chi connectivity index (χ1) is 8.17. The average Bonchev–Trinajstić information content (AvgIpc) is 2.30. The van der Waals surface area contributed by atoms with Crippen molar-refractivity contribution in [2.75, 3.05) is 0 Å². The topological polar surface area (TPSA) is 26.3 Å². The molecule has 0 spiro atoms. The van der Waals surface area contributed by atoms with Crippen molar-refractivity contribution < 1.29 is 13.9 Å². The highest BCUT2D eigenvalue weighted by Gasteiger charge is 2.15. The molecule has 1 aromatic rings. The van der Waals surface area contributed by atoms with E-state index in [4.69, 9.17) is 4.74 Å². The van der Waals surface area contributed by atoms with Crippen LogP contribution in [0.2, 0.25) is 0 Å². The van der Waals surface area contributed by atoms with Gasteiger partial charge in [-0.05, 0) is 30.5 Å². The van der Waals surface area contributed by atoms with Crippen LogP contribution >= 0.6 is 0 Å². The van der Waals surface area contributed by atoms with E-state index in [0.717, 1.165) is 24.8 Å². The lowest BCUT2D eigenvalue weighted by Gasteiger charge is -2.17. The van der Waals surface area contributed by atoms with Gasteiger partial charge in [-0.15, -0.1) is 0 Å². The smallest absolute Gasteiger partial charge is 0.306 e. The summed E-state index contributed by atoms with van der Waals surface area (Å²) in [5.41, 5.74) is 0.859.